The smallest absolute Gasteiger partial charge is 0.290 e. The summed E-state index contributed by atoms with van der Waals surface area (Å²) < 4.78 is 6.14. The molecule has 1 unspecified atom stereocenters. The molecule has 1 aromatic carbocycles. The number of nitro benzene ring substituents is 1. The lowest BCUT2D eigenvalue weighted by atomic mass is 9.84. The fourth-order valence-electron chi connectivity index (χ4n) is 3.96. The van der Waals surface area contributed by atoms with Gasteiger partial charge in [-0.15, -0.1) is 0 Å². The van der Waals surface area contributed by atoms with Crippen LogP contribution in [0.25, 0.3) is 0 Å². The third-order valence-corrected chi connectivity index (χ3v) is 6.42. The van der Waals surface area contributed by atoms with Crippen LogP contribution in [0.3, 0.4) is 0 Å². The van der Waals surface area contributed by atoms with Gasteiger partial charge in [0.1, 0.15) is 0 Å². The minimum atomic E-state index is -0.634. The average Bonchev–Trinajstić information content (AvgIpc) is 3.25. The zero-order valence-corrected chi connectivity index (χ0v) is 19.3. The van der Waals surface area contributed by atoms with E-state index in [0.29, 0.717) is 19.6 Å². The molecule has 0 radical (unpaired) electrons. The third kappa shape index (κ3) is 6.60. The number of likely N-dealkylation sites (tertiary alicyclic amines) is 1. The quantitative estimate of drug-likeness (QED) is 0.206. The standard InChI is InChI=1S/C24H36N2O5/c1-5-21(20-11-9-16-25(20)23(28)22(27)24(3,4)6-2)31-17-8-7-10-18-12-14-19(15-13-18)26(29)30/h12-15,20-21H,5-11,16-17H2,1-4H3/t20?,21-/m0/s1. The van der Waals surface area contributed by atoms with Gasteiger partial charge in [0.15, 0.2) is 0 Å². The van der Waals surface area contributed by atoms with E-state index in [0.717, 1.165) is 44.1 Å². The van der Waals surface area contributed by atoms with E-state index in [2.05, 4.69) is 6.92 Å². The Labute approximate surface area is 185 Å². The first-order chi connectivity index (χ1) is 14.7. The van der Waals surface area contributed by atoms with Crippen molar-refractivity contribution >= 4 is 17.4 Å². The van der Waals surface area contributed by atoms with Crippen molar-refractivity contribution in [3.05, 3.63) is 39.9 Å². The van der Waals surface area contributed by atoms with Gasteiger partial charge in [-0.25, -0.2) is 0 Å². The molecule has 0 aliphatic carbocycles. The molecule has 1 amide bonds. The number of hydrogen-bond donors (Lipinski definition) is 0. The third-order valence-electron chi connectivity index (χ3n) is 6.42. The Bertz CT molecular complexity index is 760. The number of benzene rings is 1. The van der Waals surface area contributed by atoms with Crippen LogP contribution in [0.2, 0.25) is 0 Å². The summed E-state index contributed by atoms with van der Waals surface area (Å²) in [5, 5.41) is 10.7. The minimum Gasteiger partial charge on any atom is -0.376 e. The second kappa shape index (κ2) is 11.4. The van der Waals surface area contributed by atoms with Crippen molar-refractivity contribution in [1.29, 1.82) is 0 Å². The van der Waals surface area contributed by atoms with Gasteiger partial charge in [0.05, 0.1) is 17.1 Å². The van der Waals surface area contributed by atoms with Crippen LogP contribution in [0.1, 0.15) is 71.8 Å². The number of hydrogen-bond acceptors (Lipinski definition) is 5. The van der Waals surface area contributed by atoms with E-state index in [1.165, 1.54) is 12.1 Å². The van der Waals surface area contributed by atoms with E-state index in [4.69, 9.17) is 4.74 Å². The summed E-state index contributed by atoms with van der Waals surface area (Å²) in [6, 6.07) is 6.62. The van der Waals surface area contributed by atoms with Gasteiger partial charge in [0, 0.05) is 30.7 Å². The molecule has 0 N–H and O–H groups in total. The predicted octanol–water partition coefficient (Wildman–Crippen LogP) is 4.71. The van der Waals surface area contributed by atoms with Crippen molar-refractivity contribution in [3.8, 4) is 0 Å². The maximum atomic E-state index is 12.9. The Hall–Kier alpha value is -2.28. The van der Waals surface area contributed by atoms with Gasteiger partial charge in [-0.05, 0) is 50.5 Å². The number of aryl methyl sites for hydroxylation is 1. The highest BCUT2D eigenvalue weighted by Gasteiger charge is 2.41. The molecule has 0 saturated carbocycles. The van der Waals surface area contributed by atoms with Crippen LogP contribution in [-0.4, -0.2) is 46.8 Å². The summed E-state index contributed by atoms with van der Waals surface area (Å²) in [6.07, 6.45) is 5.76. The molecule has 1 saturated heterocycles. The number of Topliss-reactive ketones (excluding diaryl/α,β-unsaturated/α-hetero) is 1. The van der Waals surface area contributed by atoms with Crippen molar-refractivity contribution in [2.75, 3.05) is 13.2 Å². The zero-order valence-electron chi connectivity index (χ0n) is 19.3. The number of carbonyl (C=O) groups excluding carboxylic acids is 2. The lowest BCUT2D eigenvalue weighted by Crippen LogP contribution is -2.49. The van der Waals surface area contributed by atoms with Crippen molar-refractivity contribution < 1.29 is 19.2 Å². The van der Waals surface area contributed by atoms with E-state index >= 15 is 0 Å². The Morgan fingerprint density at radius 1 is 1.23 bits per heavy atom. The SMILES string of the molecule is CC[C@H](OCCCCc1ccc([N+](=O)[O-])cc1)C1CCCN1C(=O)C(=O)C(C)(C)CC. The molecule has 0 bridgehead atoms. The number of unbranched alkanes of at least 4 members (excludes halogenated alkanes) is 1. The summed E-state index contributed by atoms with van der Waals surface area (Å²) in [4.78, 5) is 37.6. The average molecular weight is 433 g/mol. The zero-order chi connectivity index (χ0) is 23.0. The Kier molecular flexibility index (Phi) is 9.16. The van der Waals surface area contributed by atoms with Gasteiger partial charge in [0.2, 0.25) is 5.78 Å². The number of nitro groups is 1. The van der Waals surface area contributed by atoms with Crippen molar-refractivity contribution in [1.82, 2.24) is 4.90 Å². The normalized spacial score (nSPS) is 17.5. The van der Waals surface area contributed by atoms with Crippen LogP contribution < -0.4 is 0 Å². The number of carbonyl (C=O) groups is 2. The molecule has 2 atom stereocenters. The van der Waals surface area contributed by atoms with E-state index in [1.54, 1.807) is 17.0 Å². The molecule has 1 heterocycles. The number of amides is 1. The Morgan fingerprint density at radius 3 is 2.48 bits per heavy atom. The molecule has 1 aliphatic heterocycles. The van der Waals surface area contributed by atoms with Gasteiger partial charge in [-0.3, -0.25) is 19.7 Å². The molecule has 1 aliphatic rings. The second-order valence-electron chi connectivity index (χ2n) is 8.97. The molecule has 0 spiro atoms. The molecule has 7 heteroatoms. The van der Waals surface area contributed by atoms with Gasteiger partial charge >= 0.3 is 0 Å². The van der Waals surface area contributed by atoms with Gasteiger partial charge in [-0.2, -0.15) is 0 Å². The molecule has 172 valence electrons. The first-order valence-corrected chi connectivity index (χ1v) is 11.4. The molecule has 7 nitrogen and oxygen atoms in total. The summed E-state index contributed by atoms with van der Waals surface area (Å²) >= 11 is 0. The maximum absolute atomic E-state index is 12.9. The summed E-state index contributed by atoms with van der Waals surface area (Å²) in [7, 11) is 0. The van der Waals surface area contributed by atoms with Crippen LogP contribution in [0.5, 0.6) is 0 Å². The summed E-state index contributed by atoms with van der Waals surface area (Å²) in [5.41, 5.74) is 0.543. The van der Waals surface area contributed by atoms with Crippen LogP contribution in [0.4, 0.5) is 5.69 Å². The van der Waals surface area contributed by atoms with Gasteiger partial charge in [0.25, 0.3) is 11.6 Å². The molecular formula is C24H36N2O5. The van der Waals surface area contributed by atoms with Gasteiger partial charge in [-0.1, -0.05) is 39.8 Å². The van der Waals surface area contributed by atoms with Crippen LogP contribution in [-0.2, 0) is 20.7 Å². The Morgan fingerprint density at radius 2 is 1.90 bits per heavy atom. The fraction of sp³-hybridized carbons (Fsp3) is 0.667. The Balaban J connectivity index is 1.82. The highest BCUT2D eigenvalue weighted by molar-refractivity contribution is 6.38. The first kappa shape index (κ1) is 25.0. The van der Waals surface area contributed by atoms with Crippen molar-refractivity contribution in [2.24, 2.45) is 5.41 Å². The molecule has 31 heavy (non-hydrogen) atoms. The molecule has 1 fully saturated rings. The molecule has 2 rings (SSSR count). The van der Waals surface area contributed by atoms with Crippen LogP contribution in [0, 0.1) is 15.5 Å². The highest BCUT2D eigenvalue weighted by atomic mass is 16.6. The minimum absolute atomic E-state index is 0.0382. The number of ether oxygens (including phenoxy) is 1. The van der Waals surface area contributed by atoms with E-state index in [-0.39, 0.29) is 29.5 Å². The van der Waals surface area contributed by atoms with E-state index < -0.39 is 10.3 Å². The van der Waals surface area contributed by atoms with Crippen LogP contribution >= 0.6 is 0 Å². The maximum Gasteiger partial charge on any atom is 0.290 e. The number of nitrogens with zero attached hydrogens (tertiary/aromatic N) is 2. The number of rotatable bonds is 12. The lowest BCUT2D eigenvalue weighted by molar-refractivity contribution is -0.384. The number of non-ortho nitro benzene ring substituents is 1. The molecule has 0 aromatic heterocycles. The second-order valence-corrected chi connectivity index (χ2v) is 8.97. The first-order valence-electron chi connectivity index (χ1n) is 11.4. The fourth-order valence-corrected chi connectivity index (χ4v) is 3.96. The largest absolute Gasteiger partial charge is 0.376 e. The van der Waals surface area contributed by atoms with Crippen LogP contribution in [0.15, 0.2) is 24.3 Å². The monoisotopic (exact) mass is 432 g/mol. The lowest BCUT2D eigenvalue weighted by Gasteiger charge is -2.32. The predicted molar refractivity (Wildman–Crippen MR) is 120 cm³/mol. The van der Waals surface area contributed by atoms with Crippen molar-refractivity contribution in [2.45, 2.75) is 84.8 Å². The van der Waals surface area contributed by atoms with E-state index in [9.17, 15) is 19.7 Å². The molecular weight excluding hydrogens is 396 g/mol. The molecule has 1 aromatic rings. The van der Waals surface area contributed by atoms with E-state index in [1.807, 2.05) is 20.8 Å². The summed E-state index contributed by atoms with van der Waals surface area (Å²) in [5.74, 6) is -0.672. The van der Waals surface area contributed by atoms with Crippen molar-refractivity contribution in [3.63, 3.8) is 0 Å². The number of ketones is 1. The topological polar surface area (TPSA) is 89.8 Å². The highest BCUT2D eigenvalue weighted by Crippen LogP contribution is 2.28. The summed E-state index contributed by atoms with van der Waals surface area (Å²) in [6.45, 7) is 8.86. The van der Waals surface area contributed by atoms with Gasteiger partial charge < -0.3 is 9.64 Å².